The highest BCUT2D eigenvalue weighted by Crippen LogP contribution is 2.24. The van der Waals surface area contributed by atoms with Crippen molar-refractivity contribution in [3.8, 4) is 0 Å². The predicted octanol–water partition coefficient (Wildman–Crippen LogP) is 3.53. The van der Waals surface area contributed by atoms with Gasteiger partial charge in [0.15, 0.2) is 0 Å². The first-order chi connectivity index (χ1) is 9.58. The number of aryl methyl sites for hydroxylation is 2. The minimum Gasteiger partial charge on any atom is -0.313 e. The Morgan fingerprint density at radius 1 is 1.20 bits per heavy atom. The molecule has 0 radical (unpaired) electrons. The standard InChI is InChI=1S/C17H25N3/c1-6-16(18-5)17-13(3)19-20(14(17)4)11-15-10-8-7-9-12(15)2/h7-10,16,18H,6,11H2,1-5H3. The zero-order valence-corrected chi connectivity index (χ0v) is 13.2. The van der Waals surface area contributed by atoms with E-state index in [-0.39, 0.29) is 0 Å². The summed E-state index contributed by atoms with van der Waals surface area (Å²) in [4.78, 5) is 0. The van der Waals surface area contributed by atoms with Crippen LogP contribution in [0.25, 0.3) is 0 Å². The summed E-state index contributed by atoms with van der Waals surface area (Å²) in [5.41, 5.74) is 6.41. The summed E-state index contributed by atoms with van der Waals surface area (Å²) in [5, 5.41) is 8.12. The van der Waals surface area contributed by atoms with Crippen LogP contribution in [0.15, 0.2) is 24.3 Å². The topological polar surface area (TPSA) is 29.9 Å². The van der Waals surface area contributed by atoms with Crippen LogP contribution in [0.1, 0.15) is 47.5 Å². The Kier molecular flexibility index (Phi) is 4.61. The van der Waals surface area contributed by atoms with Gasteiger partial charge in [-0.1, -0.05) is 31.2 Å². The molecule has 0 aliphatic carbocycles. The van der Waals surface area contributed by atoms with Gasteiger partial charge >= 0.3 is 0 Å². The quantitative estimate of drug-likeness (QED) is 0.901. The van der Waals surface area contributed by atoms with Crippen molar-refractivity contribution in [2.24, 2.45) is 0 Å². The molecule has 0 aliphatic rings. The maximum Gasteiger partial charge on any atom is 0.0665 e. The van der Waals surface area contributed by atoms with E-state index in [4.69, 9.17) is 5.10 Å². The van der Waals surface area contributed by atoms with Gasteiger partial charge in [-0.3, -0.25) is 4.68 Å². The molecule has 2 aromatic rings. The lowest BCUT2D eigenvalue weighted by Gasteiger charge is -2.15. The van der Waals surface area contributed by atoms with Crippen LogP contribution in [0.4, 0.5) is 0 Å². The fourth-order valence-electron chi connectivity index (χ4n) is 2.87. The molecule has 1 N–H and O–H groups in total. The van der Waals surface area contributed by atoms with Gasteiger partial charge < -0.3 is 5.32 Å². The maximum absolute atomic E-state index is 4.74. The van der Waals surface area contributed by atoms with Crippen LogP contribution in [0.2, 0.25) is 0 Å². The van der Waals surface area contributed by atoms with E-state index in [1.807, 2.05) is 7.05 Å². The Labute approximate surface area is 122 Å². The molecule has 1 aromatic carbocycles. The number of aromatic nitrogens is 2. The highest BCUT2D eigenvalue weighted by molar-refractivity contribution is 5.31. The normalized spacial score (nSPS) is 12.7. The average Bonchev–Trinajstić information content (AvgIpc) is 2.71. The van der Waals surface area contributed by atoms with Gasteiger partial charge in [-0.05, 0) is 45.4 Å². The van der Waals surface area contributed by atoms with Crippen molar-refractivity contribution in [2.45, 2.75) is 46.7 Å². The summed E-state index contributed by atoms with van der Waals surface area (Å²) in [6.45, 7) is 9.49. The van der Waals surface area contributed by atoms with E-state index >= 15 is 0 Å². The molecule has 0 bridgehead atoms. The monoisotopic (exact) mass is 271 g/mol. The van der Waals surface area contributed by atoms with Crippen molar-refractivity contribution in [3.05, 3.63) is 52.3 Å². The first-order valence-corrected chi connectivity index (χ1v) is 7.34. The van der Waals surface area contributed by atoms with Crippen molar-refractivity contribution in [1.29, 1.82) is 0 Å². The highest BCUT2D eigenvalue weighted by atomic mass is 15.3. The molecule has 0 fully saturated rings. The zero-order valence-electron chi connectivity index (χ0n) is 13.2. The maximum atomic E-state index is 4.74. The second-order valence-corrected chi connectivity index (χ2v) is 5.42. The van der Waals surface area contributed by atoms with Crippen LogP contribution >= 0.6 is 0 Å². The Balaban J connectivity index is 2.35. The Morgan fingerprint density at radius 2 is 1.90 bits per heavy atom. The lowest BCUT2D eigenvalue weighted by molar-refractivity contribution is 0.568. The molecule has 1 heterocycles. The zero-order chi connectivity index (χ0) is 14.7. The lowest BCUT2D eigenvalue weighted by atomic mass is 10.0. The number of hydrogen-bond donors (Lipinski definition) is 1. The van der Waals surface area contributed by atoms with Gasteiger partial charge in [-0.25, -0.2) is 0 Å². The van der Waals surface area contributed by atoms with Gasteiger partial charge in [-0.2, -0.15) is 5.10 Å². The first kappa shape index (κ1) is 14.8. The second kappa shape index (κ2) is 6.23. The summed E-state index contributed by atoms with van der Waals surface area (Å²) in [5.74, 6) is 0. The van der Waals surface area contributed by atoms with E-state index in [1.165, 1.54) is 22.4 Å². The van der Waals surface area contributed by atoms with E-state index in [9.17, 15) is 0 Å². The molecule has 2 rings (SSSR count). The summed E-state index contributed by atoms with van der Waals surface area (Å²) >= 11 is 0. The van der Waals surface area contributed by atoms with Gasteiger partial charge in [0.1, 0.15) is 0 Å². The third-order valence-electron chi connectivity index (χ3n) is 4.12. The van der Waals surface area contributed by atoms with E-state index in [1.54, 1.807) is 0 Å². The SMILES string of the molecule is CCC(NC)c1c(C)nn(Cc2ccccc2C)c1C. The smallest absolute Gasteiger partial charge is 0.0665 e. The largest absolute Gasteiger partial charge is 0.313 e. The molecule has 0 saturated heterocycles. The Morgan fingerprint density at radius 3 is 2.50 bits per heavy atom. The Hall–Kier alpha value is -1.61. The van der Waals surface area contributed by atoms with Crippen molar-refractivity contribution < 1.29 is 0 Å². The number of benzene rings is 1. The molecule has 0 amide bonds. The molecular weight excluding hydrogens is 246 g/mol. The van der Waals surface area contributed by atoms with Gasteiger partial charge in [0, 0.05) is 17.3 Å². The average molecular weight is 271 g/mol. The fourth-order valence-corrected chi connectivity index (χ4v) is 2.87. The molecule has 0 aliphatic heterocycles. The Bertz CT molecular complexity index is 580. The van der Waals surface area contributed by atoms with Crippen LogP contribution in [0, 0.1) is 20.8 Å². The molecule has 3 nitrogen and oxygen atoms in total. The van der Waals surface area contributed by atoms with Gasteiger partial charge in [0.25, 0.3) is 0 Å². The highest BCUT2D eigenvalue weighted by Gasteiger charge is 2.18. The predicted molar refractivity (Wildman–Crippen MR) is 84.1 cm³/mol. The van der Waals surface area contributed by atoms with E-state index in [0.29, 0.717) is 6.04 Å². The van der Waals surface area contributed by atoms with Crippen molar-refractivity contribution in [2.75, 3.05) is 7.05 Å². The van der Waals surface area contributed by atoms with E-state index in [0.717, 1.165) is 18.7 Å². The molecule has 20 heavy (non-hydrogen) atoms. The van der Waals surface area contributed by atoms with Gasteiger partial charge in [-0.15, -0.1) is 0 Å². The summed E-state index contributed by atoms with van der Waals surface area (Å²) in [7, 11) is 2.02. The van der Waals surface area contributed by atoms with Crippen LogP contribution in [0.5, 0.6) is 0 Å². The summed E-state index contributed by atoms with van der Waals surface area (Å²) < 4.78 is 2.13. The molecule has 1 unspecified atom stereocenters. The van der Waals surface area contributed by atoms with Crippen molar-refractivity contribution in [3.63, 3.8) is 0 Å². The third-order valence-corrected chi connectivity index (χ3v) is 4.12. The molecule has 0 saturated carbocycles. The van der Waals surface area contributed by atoms with Crippen molar-refractivity contribution in [1.82, 2.24) is 15.1 Å². The molecule has 0 spiro atoms. The van der Waals surface area contributed by atoms with Crippen molar-refractivity contribution >= 4 is 0 Å². The number of rotatable bonds is 5. The van der Waals surface area contributed by atoms with Crippen LogP contribution in [0.3, 0.4) is 0 Å². The van der Waals surface area contributed by atoms with Crippen LogP contribution in [-0.4, -0.2) is 16.8 Å². The van der Waals surface area contributed by atoms with Gasteiger partial charge in [0.2, 0.25) is 0 Å². The number of hydrogen-bond acceptors (Lipinski definition) is 2. The number of nitrogens with zero attached hydrogens (tertiary/aromatic N) is 2. The first-order valence-electron chi connectivity index (χ1n) is 7.34. The third kappa shape index (κ3) is 2.78. The molecule has 1 atom stereocenters. The van der Waals surface area contributed by atoms with E-state index < -0.39 is 0 Å². The minimum absolute atomic E-state index is 0.389. The van der Waals surface area contributed by atoms with Crippen LogP contribution < -0.4 is 5.32 Å². The minimum atomic E-state index is 0.389. The molecular formula is C17H25N3. The second-order valence-electron chi connectivity index (χ2n) is 5.42. The fraction of sp³-hybridized carbons (Fsp3) is 0.471. The van der Waals surface area contributed by atoms with Crippen LogP contribution in [-0.2, 0) is 6.54 Å². The van der Waals surface area contributed by atoms with Gasteiger partial charge in [0.05, 0.1) is 12.2 Å². The molecule has 3 heteroatoms. The summed E-state index contributed by atoms with van der Waals surface area (Å²) in [6.07, 6.45) is 1.08. The molecule has 1 aromatic heterocycles. The summed E-state index contributed by atoms with van der Waals surface area (Å²) in [6, 6.07) is 8.91. The number of nitrogens with one attached hydrogen (secondary N) is 1. The molecule has 108 valence electrons. The van der Waals surface area contributed by atoms with E-state index in [2.05, 4.69) is 62.0 Å². The lowest BCUT2D eigenvalue weighted by Crippen LogP contribution is -2.17.